The smallest absolute Gasteiger partial charge is 0.248 e. The van der Waals surface area contributed by atoms with Crippen LogP contribution in [0.2, 0.25) is 0 Å². The Morgan fingerprint density at radius 2 is 1.90 bits per heavy atom. The molecule has 0 bridgehead atoms. The van der Waals surface area contributed by atoms with E-state index in [1.165, 1.54) is 16.2 Å². The van der Waals surface area contributed by atoms with Crippen molar-refractivity contribution in [2.75, 3.05) is 20.7 Å². The molecular weight excluding hydrogens is 426 g/mol. The first-order valence-corrected chi connectivity index (χ1v) is 10.1. The Hall–Kier alpha value is -3.31. The van der Waals surface area contributed by atoms with Crippen molar-refractivity contribution in [1.82, 2.24) is 30.3 Å². The maximum atomic E-state index is 14.9. The lowest BCUT2D eigenvalue weighted by molar-refractivity contribution is -0.133. The zero-order chi connectivity index (χ0) is 22.1. The molecule has 31 heavy (non-hydrogen) atoms. The molecule has 0 unspecified atom stereocenters. The van der Waals surface area contributed by atoms with E-state index in [1.807, 2.05) is 6.92 Å². The quantitative estimate of drug-likeness (QED) is 0.490. The number of likely N-dealkylation sites (N-methyl/N-ethyl adjacent to an activating group) is 1. The lowest BCUT2D eigenvalue weighted by Crippen LogP contribution is -2.26. The molecule has 1 aromatic carbocycles. The maximum absolute atomic E-state index is 14.9. The molecule has 1 amide bonds. The van der Waals surface area contributed by atoms with Crippen LogP contribution in [0.3, 0.4) is 0 Å². The number of H-pyrrole nitrogens is 1. The Bertz CT molecular complexity index is 1270. The van der Waals surface area contributed by atoms with Crippen LogP contribution in [0.15, 0.2) is 24.3 Å². The van der Waals surface area contributed by atoms with E-state index < -0.39 is 11.6 Å². The van der Waals surface area contributed by atoms with Gasteiger partial charge in [-0.05, 0) is 25.1 Å². The van der Waals surface area contributed by atoms with Gasteiger partial charge in [0, 0.05) is 19.7 Å². The van der Waals surface area contributed by atoms with E-state index in [9.17, 15) is 13.6 Å². The number of pyridine rings is 1. The molecule has 160 valence electrons. The molecule has 0 aliphatic carbocycles. The zero-order valence-electron chi connectivity index (χ0n) is 16.9. The standard InChI is InChI=1S/C20H18F2N6O2S/c1-10-20(31-15(23-10)8-30-9-16(29)28(2)3)14-6-4-5-13(24-14)11-7-12(21)18-19(17(11)22)26-27-25-18/h4-7H,8-9H2,1-3H3,(H,25,26,27). The zero-order valence-corrected chi connectivity index (χ0v) is 17.8. The number of halogens is 2. The fourth-order valence-corrected chi connectivity index (χ4v) is 3.91. The molecular formula is C20H18F2N6O2S. The highest BCUT2D eigenvalue weighted by molar-refractivity contribution is 7.15. The highest BCUT2D eigenvalue weighted by Gasteiger charge is 2.19. The van der Waals surface area contributed by atoms with Crippen molar-refractivity contribution in [3.63, 3.8) is 0 Å². The number of nitrogens with zero attached hydrogens (tertiary/aromatic N) is 5. The van der Waals surface area contributed by atoms with E-state index in [-0.39, 0.29) is 41.4 Å². The number of hydrogen-bond acceptors (Lipinski definition) is 7. The maximum Gasteiger partial charge on any atom is 0.248 e. The molecule has 8 nitrogen and oxygen atoms in total. The number of ether oxygens (including phenoxy) is 1. The summed E-state index contributed by atoms with van der Waals surface area (Å²) in [5.74, 6) is -1.52. The van der Waals surface area contributed by atoms with Crippen LogP contribution in [0.1, 0.15) is 10.7 Å². The minimum Gasteiger partial charge on any atom is -0.364 e. The van der Waals surface area contributed by atoms with Gasteiger partial charge in [-0.25, -0.2) is 18.7 Å². The summed E-state index contributed by atoms with van der Waals surface area (Å²) in [6.07, 6.45) is 0. The summed E-state index contributed by atoms with van der Waals surface area (Å²) in [6.45, 7) is 1.98. The summed E-state index contributed by atoms with van der Waals surface area (Å²) in [5.41, 5.74) is 1.22. The monoisotopic (exact) mass is 444 g/mol. The molecule has 0 saturated heterocycles. The average Bonchev–Trinajstić information content (AvgIpc) is 3.38. The van der Waals surface area contributed by atoms with E-state index in [4.69, 9.17) is 4.74 Å². The first-order valence-electron chi connectivity index (χ1n) is 9.25. The van der Waals surface area contributed by atoms with E-state index in [0.717, 1.165) is 16.6 Å². The lowest BCUT2D eigenvalue weighted by atomic mass is 10.1. The third-order valence-corrected chi connectivity index (χ3v) is 5.69. The Morgan fingerprint density at radius 3 is 2.68 bits per heavy atom. The van der Waals surface area contributed by atoms with Gasteiger partial charge in [0.05, 0.1) is 28.6 Å². The van der Waals surface area contributed by atoms with Crippen LogP contribution in [0, 0.1) is 18.6 Å². The van der Waals surface area contributed by atoms with Gasteiger partial charge in [0.1, 0.15) is 11.6 Å². The van der Waals surface area contributed by atoms with E-state index >= 15 is 0 Å². The van der Waals surface area contributed by atoms with Crippen LogP contribution in [0.4, 0.5) is 8.78 Å². The SMILES string of the molecule is Cc1nc(COCC(=O)N(C)C)sc1-c1cccc(-c2cc(F)c3n[nH]nc3c2F)n1. The third-order valence-electron chi connectivity index (χ3n) is 4.54. The predicted octanol–water partition coefficient (Wildman–Crippen LogP) is 3.33. The van der Waals surface area contributed by atoms with Crippen LogP contribution in [0.5, 0.6) is 0 Å². The van der Waals surface area contributed by atoms with Crippen LogP contribution in [-0.4, -0.2) is 56.9 Å². The second-order valence-corrected chi connectivity index (χ2v) is 8.04. The van der Waals surface area contributed by atoms with Crippen LogP contribution in [0.25, 0.3) is 32.9 Å². The first kappa shape index (κ1) is 20.9. The second-order valence-electron chi connectivity index (χ2n) is 6.95. The molecule has 1 N–H and O–H groups in total. The number of carbonyl (C=O) groups excluding carboxylic acids is 1. The lowest BCUT2D eigenvalue weighted by Gasteiger charge is -2.09. The number of benzene rings is 1. The highest BCUT2D eigenvalue weighted by Crippen LogP contribution is 2.33. The molecule has 0 aliphatic rings. The van der Waals surface area contributed by atoms with Crippen molar-refractivity contribution < 1.29 is 18.3 Å². The van der Waals surface area contributed by atoms with Gasteiger partial charge in [-0.1, -0.05) is 6.07 Å². The molecule has 11 heteroatoms. The Labute approximate surface area is 179 Å². The molecule has 0 radical (unpaired) electrons. The number of rotatable bonds is 6. The summed E-state index contributed by atoms with van der Waals surface area (Å²) >= 11 is 1.37. The van der Waals surface area contributed by atoms with Crippen LogP contribution >= 0.6 is 11.3 Å². The molecule has 0 aliphatic heterocycles. The summed E-state index contributed by atoms with van der Waals surface area (Å²) < 4.78 is 34.6. The Kier molecular flexibility index (Phi) is 5.70. The summed E-state index contributed by atoms with van der Waals surface area (Å²) in [6, 6.07) is 6.15. The van der Waals surface area contributed by atoms with Gasteiger partial charge in [-0.15, -0.1) is 11.3 Å². The molecule has 3 aromatic heterocycles. The number of hydrogen-bond donors (Lipinski definition) is 1. The minimum atomic E-state index is -0.699. The van der Waals surface area contributed by atoms with Crippen LogP contribution < -0.4 is 0 Å². The summed E-state index contributed by atoms with van der Waals surface area (Å²) in [7, 11) is 3.32. The van der Waals surface area contributed by atoms with Crippen molar-refractivity contribution in [3.05, 3.63) is 46.6 Å². The van der Waals surface area contributed by atoms with E-state index in [0.29, 0.717) is 10.7 Å². The fraction of sp³-hybridized carbons (Fsp3) is 0.250. The van der Waals surface area contributed by atoms with Crippen molar-refractivity contribution in [3.8, 4) is 21.8 Å². The summed E-state index contributed by atoms with van der Waals surface area (Å²) in [5, 5.41) is 10.2. The van der Waals surface area contributed by atoms with Crippen molar-refractivity contribution in [1.29, 1.82) is 0 Å². The fourth-order valence-electron chi connectivity index (χ4n) is 2.94. The van der Waals surface area contributed by atoms with Gasteiger partial charge in [-0.2, -0.15) is 15.4 Å². The number of fused-ring (bicyclic) bond motifs is 1. The molecule has 0 saturated carbocycles. The number of thiazole rings is 1. The normalized spacial score (nSPS) is 11.3. The number of carbonyl (C=O) groups is 1. The summed E-state index contributed by atoms with van der Waals surface area (Å²) in [4.78, 5) is 22.8. The van der Waals surface area contributed by atoms with Gasteiger partial charge < -0.3 is 9.64 Å². The number of amides is 1. The van der Waals surface area contributed by atoms with Gasteiger partial charge in [-0.3, -0.25) is 4.79 Å². The number of aromatic nitrogens is 5. The molecule has 0 fully saturated rings. The first-order chi connectivity index (χ1) is 14.8. The highest BCUT2D eigenvalue weighted by atomic mass is 32.1. The molecule has 0 atom stereocenters. The molecule has 4 aromatic rings. The topological polar surface area (TPSA) is 96.9 Å². The van der Waals surface area contributed by atoms with Crippen molar-refractivity contribution in [2.45, 2.75) is 13.5 Å². The second kappa shape index (κ2) is 8.44. The average molecular weight is 444 g/mol. The predicted molar refractivity (Wildman–Crippen MR) is 111 cm³/mol. The minimum absolute atomic E-state index is 0.00586. The van der Waals surface area contributed by atoms with E-state index in [1.54, 1.807) is 32.3 Å². The third kappa shape index (κ3) is 4.14. The Balaban J connectivity index is 1.62. The largest absolute Gasteiger partial charge is 0.364 e. The molecule has 4 rings (SSSR count). The van der Waals surface area contributed by atoms with E-state index in [2.05, 4.69) is 25.4 Å². The van der Waals surface area contributed by atoms with Crippen LogP contribution in [-0.2, 0) is 16.1 Å². The van der Waals surface area contributed by atoms with Crippen molar-refractivity contribution >= 4 is 28.3 Å². The van der Waals surface area contributed by atoms with Gasteiger partial charge in [0.2, 0.25) is 5.91 Å². The number of nitrogens with one attached hydrogen (secondary N) is 1. The van der Waals surface area contributed by atoms with Gasteiger partial charge in [0.25, 0.3) is 0 Å². The number of aromatic amines is 1. The van der Waals surface area contributed by atoms with Crippen molar-refractivity contribution in [2.24, 2.45) is 0 Å². The number of aryl methyl sites for hydroxylation is 1. The Morgan fingerprint density at radius 1 is 1.16 bits per heavy atom. The molecule has 0 spiro atoms. The molecule has 3 heterocycles. The van der Waals surface area contributed by atoms with Gasteiger partial charge >= 0.3 is 0 Å². The van der Waals surface area contributed by atoms with Gasteiger partial charge in [0.15, 0.2) is 22.7 Å².